The zero-order valence-electron chi connectivity index (χ0n) is 10.1. The normalized spacial score (nSPS) is 22.1. The summed E-state index contributed by atoms with van der Waals surface area (Å²) in [5, 5.41) is 0. The lowest BCUT2D eigenvalue weighted by molar-refractivity contribution is -0.128. The van der Waals surface area contributed by atoms with Crippen molar-refractivity contribution in [3.05, 3.63) is 24.6 Å². The molecule has 0 fully saturated rings. The van der Waals surface area contributed by atoms with Crippen LogP contribution in [0.5, 0.6) is 0 Å². The number of hydrogen-bond acceptors (Lipinski definition) is 7. The Morgan fingerprint density at radius 3 is 3.15 bits per heavy atom. The van der Waals surface area contributed by atoms with Gasteiger partial charge in [0.25, 0.3) is 9.41 Å². The summed E-state index contributed by atoms with van der Waals surface area (Å²) in [5.41, 5.74) is 6.40. The number of halogens is 1. The maximum absolute atomic E-state index is 13.9. The van der Waals surface area contributed by atoms with Crippen LogP contribution in [0, 0.1) is 0 Å². The molecule has 2 aromatic rings. The van der Waals surface area contributed by atoms with Gasteiger partial charge in [0.1, 0.15) is 11.8 Å². The fourth-order valence-electron chi connectivity index (χ4n) is 1.91. The van der Waals surface area contributed by atoms with Crippen molar-refractivity contribution in [2.75, 3.05) is 12.0 Å². The van der Waals surface area contributed by atoms with Crippen molar-refractivity contribution in [3.8, 4) is 0 Å². The number of nitrogens with zero attached hydrogens (tertiary/aromatic N) is 4. The molecule has 2 aromatic heterocycles. The number of aromatic nitrogens is 4. The van der Waals surface area contributed by atoms with Crippen LogP contribution in [0.15, 0.2) is 24.6 Å². The third-order valence-corrected chi connectivity index (χ3v) is 3.09. The molecule has 3 heterocycles. The number of ether oxygens (including phenoxy) is 2. The Balaban J connectivity index is 1.91. The topological polar surface area (TPSA) is 105 Å². The largest absolute Gasteiger partial charge is 0.390 e. The predicted molar refractivity (Wildman–Crippen MR) is 66.6 cm³/mol. The van der Waals surface area contributed by atoms with Crippen LogP contribution in [-0.2, 0) is 13.9 Å². The summed E-state index contributed by atoms with van der Waals surface area (Å²) in [7, 11) is -1.07. The van der Waals surface area contributed by atoms with Gasteiger partial charge in [-0.2, -0.15) is 0 Å². The molecule has 0 bridgehead atoms. The van der Waals surface area contributed by atoms with Crippen molar-refractivity contribution in [2.45, 2.75) is 12.5 Å². The molecule has 1 aliphatic rings. The van der Waals surface area contributed by atoms with Crippen molar-refractivity contribution >= 4 is 26.4 Å². The first-order valence-electron chi connectivity index (χ1n) is 5.71. The second kappa shape index (κ2) is 5.15. The van der Waals surface area contributed by atoms with Crippen LogP contribution in [0.2, 0.25) is 0 Å². The summed E-state index contributed by atoms with van der Waals surface area (Å²) in [6.07, 6.45) is 1.94. The van der Waals surface area contributed by atoms with Crippen molar-refractivity contribution < 1.29 is 18.3 Å². The molecule has 104 valence electrons. The first-order valence-corrected chi connectivity index (χ1v) is 7.00. The van der Waals surface area contributed by atoms with E-state index in [1.807, 2.05) is 0 Å². The smallest absolute Gasteiger partial charge is 0.288 e. The van der Waals surface area contributed by atoms with E-state index in [0.717, 1.165) is 0 Å². The highest BCUT2D eigenvalue weighted by atomic mass is 28.2. The molecule has 2 atom stereocenters. The number of nitrogen functional groups attached to an aromatic ring is 1. The van der Waals surface area contributed by atoms with E-state index in [4.69, 9.17) is 15.2 Å². The monoisotopic (exact) mass is 295 g/mol. The first kappa shape index (κ1) is 13.0. The van der Waals surface area contributed by atoms with Crippen LogP contribution < -0.4 is 5.73 Å². The molecule has 8 nitrogen and oxygen atoms in total. The van der Waals surface area contributed by atoms with E-state index in [2.05, 4.69) is 15.0 Å². The zero-order chi connectivity index (χ0) is 14.1. The molecule has 10 heteroatoms. The van der Waals surface area contributed by atoms with Gasteiger partial charge in [0.15, 0.2) is 29.8 Å². The van der Waals surface area contributed by atoms with Crippen LogP contribution >= 0.6 is 0 Å². The number of imidazole rings is 1. The van der Waals surface area contributed by atoms with Gasteiger partial charge in [-0.1, -0.05) is 0 Å². The summed E-state index contributed by atoms with van der Waals surface area (Å²) < 4.78 is 36.2. The molecule has 0 radical (unpaired) electrons. The molecule has 0 amide bonds. The van der Waals surface area contributed by atoms with Gasteiger partial charge in [-0.05, 0) is 0 Å². The second-order valence-corrected chi connectivity index (χ2v) is 4.66. The predicted octanol–water partition coefficient (Wildman–Crippen LogP) is -0.127. The highest BCUT2D eigenvalue weighted by Crippen LogP contribution is 2.32. The Morgan fingerprint density at radius 2 is 2.35 bits per heavy atom. The van der Waals surface area contributed by atoms with Gasteiger partial charge in [-0.3, -0.25) is 4.57 Å². The lowest BCUT2D eigenvalue weighted by Gasteiger charge is -2.15. The van der Waals surface area contributed by atoms with E-state index >= 15 is 0 Å². The summed E-state index contributed by atoms with van der Waals surface area (Å²) in [5.74, 6) is -0.328. The molecule has 2 N–H and O–H groups in total. The fourth-order valence-corrected chi connectivity index (χ4v) is 2.17. The number of fused-ring (bicyclic) bond motifs is 1. The van der Waals surface area contributed by atoms with Gasteiger partial charge in [-0.25, -0.2) is 19.3 Å². The third kappa shape index (κ3) is 2.13. The third-order valence-electron chi connectivity index (χ3n) is 2.76. The second-order valence-electron chi connectivity index (χ2n) is 3.99. The molecule has 20 heavy (non-hydrogen) atoms. The number of rotatable bonds is 4. The minimum atomic E-state index is -1.07. The lowest BCUT2D eigenvalue weighted by Crippen LogP contribution is -2.17. The van der Waals surface area contributed by atoms with Crippen LogP contribution in [0.3, 0.4) is 0 Å². The molecular weight excluding hydrogens is 285 g/mol. The Morgan fingerprint density at radius 1 is 1.50 bits per heavy atom. The van der Waals surface area contributed by atoms with Crippen LogP contribution in [-0.4, -0.2) is 41.4 Å². The summed E-state index contributed by atoms with van der Waals surface area (Å²) in [6, 6.07) is 0. The fraction of sp³-hybridized carbons (Fsp3) is 0.300. The number of anilines is 1. The molecule has 0 spiro atoms. The van der Waals surface area contributed by atoms with Gasteiger partial charge >= 0.3 is 0 Å². The molecule has 0 unspecified atom stereocenters. The molecule has 0 saturated carbocycles. The Labute approximate surface area is 114 Å². The van der Waals surface area contributed by atoms with E-state index < -0.39 is 27.8 Å². The highest BCUT2D eigenvalue weighted by Gasteiger charge is 2.31. The van der Waals surface area contributed by atoms with Gasteiger partial charge < -0.3 is 19.7 Å². The zero-order valence-corrected chi connectivity index (χ0v) is 11.3. The van der Waals surface area contributed by atoms with Gasteiger partial charge in [0, 0.05) is 6.08 Å². The maximum Gasteiger partial charge on any atom is 0.288 e. The van der Waals surface area contributed by atoms with E-state index in [1.165, 1.54) is 23.3 Å². The Hall–Kier alpha value is -2.04. The Kier molecular flexibility index (Phi) is 3.34. The van der Waals surface area contributed by atoms with Crippen LogP contribution in [0.4, 0.5) is 10.2 Å². The minimum absolute atomic E-state index is 0.0287. The quantitative estimate of drug-likeness (QED) is 0.783. The SMILES string of the molecule is Nc1ncnc2c1ncn2[C@@H]1O[C@H](OC[SiH]=O)C=C1F. The van der Waals surface area contributed by atoms with Crippen molar-refractivity contribution in [2.24, 2.45) is 0 Å². The molecule has 0 aromatic carbocycles. The highest BCUT2D eigenvalue weighted by molar-refractivity contribution is 6.16. The summed E-state index contributed by atoms with van der Waals surface area (Å²) >= 11 is 0. The number of hydrogen-bond donors (Lipinski definition) is 1. The van der Waals surface area contributed by atoms with Crippen molar-refractivity contribution in [1.82, 2.24) is 19.5 Å². The van der Waals surface area contributed by atoms with Crippen molar-refractivity contribution in [1.29, 1.82) is 0 Å². The number of nitrogens with two attached hydrogens (primary N) is 1. The van der Waals surface area contributed by atoms with Crippen molar-refractivity contribution in [3.63, 3.8) is 0 Å². The van der Waals surface area contributed by atoms with Gasteiger partial charge in [0.05, 0.1) is 12.6 Å². The molecular formula is C10H10FN5O3Si. The maximum atomic E-state index is 13.9. The molecule has 1 aliphatic heterocycles. The lowest BCUT2D eigenvalue weighted by atomic mass is 10.4. The summed E-state index contributed by atoms with van der Waals surface area (Å²) in [4.78, 5) is 11.9. The van der Waals surface area contributed by atoms with Crippen LogP contribution in [0.25, 0.3) is 11.2 Å². The van der Waals surface area contributed by atoms with E-state index in [9.17, 15) is 8.85 Å². The van der Waals surface area contributed by atoms with E-state index in [1.54, 1.807) is 0 Å². The first-order chi connectivity index (χ1) is 9.70. The average Bonchev–Trinajstić information content (AvgIpc) is 3.01. The Bertz CT molecular complexity index is 691. The summed E-state index contributed by atoms with van der Waals surface area (Å²) in [6.45, 7) is 0. The average molecular weight is 295 g/mol. The standard InChI is InChI=1S/C10H10FN5O3Si/c11-5-1-6(18-4-20-17)19-10(5)16-3-15-7-8(12)13-2-14-9(7)16/h1-3,6,10,20H,4H2,(H2,12,13,14)/t6-,10+/m0/s1. The van der Waals surface area contributed by atoms with Gasteiger partial charge in [0.2, 0.25) is 0 Å². The van der Waals surface area contributed by atoms with E-state index in [-0.39, 0.29) is 12.0 Å². The molecule has 0 saturated heterocycles. The molecule has 3 rings (SSSR count). The molecule has 0 aliphatic carbocycles. The van der Waals surface area contributed by atoms with Crippen LogP contribution in [0.1, 0.15) is 6.23 Å². The van der Waals surface area contributed by atoms with Gasteiger partial charge in [-0.15, -0.1) is 0 Å². The van der Waals surface area contributed by atoms with E-state index in [0.29, 0.717) is 11.2 Å². The minimum Gasteiger partial charge on any atom is -0.390 e.